The van der Waals surface area contributed by atoms with Gasteiger partial charge in [-0.05, 0) is 51.7 Å². The van der Waals surface area contributed by atoms with Gasteiger partial charge in [-0.25, -0.2) is 0 Å². The van der Waals surface area contributed by atoms with E-state index in [0.29, 0.717) is 5.56 Å². The lowest BCUT2D eigenvalue weighted by Crippen LogP contribution is -2.41. The maximum Gasteiger partial charge on any atom is 0.494 e. The molecular weight excluding hydrogens is 332 g/mol. The van der Waals surface area contributed by atoms with Crippen LogP contribution in [-0.4, -0.2) is 35.9 Å². The maximum atomic E-state index is 12.1. The van der Waals surface area contributed by atoms with Gasteiger partial charge in [0.25, 0.3) is 5.91 Å². The summed E-state index contributed by atoms with van der Waals surface area (Å²) in [7, 11) is -3.55. The Bertz CT molecular complexity index is 647. The third kappa shape index (κ3) is 4.07. The Balaban J connectivity index is 2.10. The van der Waals surface area contributed by atoms with E-state index in [0.717, 1.165) is 11.0 Å². The summed E-state index contributed by atoms with van der Waals surface area (Å²) in [6.07, 6.45) is 0. The van der Waals surface area contributed by atoms with E-state index >= 15 is 0 Å². The van der Waals surface area contributed by atoms with E-state index in [-0.39, 0.29) is 12.6 Å². The van der Waals surface area contributed by atoms with Crippen molar-refractivity contribution >= 4 is 26.7 Å². The highest BCUT2D eigenvalue weighted by atomic mass is 31.1. The molecule has 9 heteroatoms. The van der Waals surface area contributed by atoms with Crippen LogP contribution in [0.2, 0.25) is 0 Å². The third-order valence-corrected chi connectivity index (χ3v) is 4.84. The number of rotatable bonds is 5. The van der Waals surface area contributed by atoms with Crippen LogP contribution in [0.3, 0.4) is 0 Å². The molecule has 1 fully saturated rings. The topological polar surface area (TPSA) is 94.1 Å². The van der Waals surface area contributed by atoms with Gasteiger partial charge in [0.05, 0.1) is 11.2 Å². The van der Waals surface area contributed by atoms with Gasteiger partial charge in [-0.3, -0.25) is 13.9 Å². The Kier molecular flexibility index (Phi) is 5.57. The molecule has 0 bridgehead atoms. The molecule has 1 amide bonds. The molecule has 1 unspecified atom stereocenters. The normalized spacial score (nSPS) is 20.0. The second-order valence-corrected chi connectivity index (χ2v) is 7.54. The molecule has 1 aliphatic rings. The minimum Gasteiger partial charge on any atom is -0.399 e. The van der Waals surface area contributed by atoms with E-state index in [1.807, 2.05) is 33.8 Å². The first-order valence-corrected chi connectivity index (χ1v) is 8.90. The van der Waals surface area contributed by atoms with Crippen LogP contribution in [0.5, 0.6) is 0 Å². The predicted octanol–water partition coefficient (Wildman–Crippen LogP) is 1.38. The Morgan fingerprint density at radius 3 is 2.38 bits per heavy atom. The quantitative estimate of drug-likeness (QED) is 0.471. The van der Waals surface area contributed by atoms with Crippen molar-refractivity contribution < 1.29 is 28.1 Å². The van der Waals surface area contributed by atoms with Gasteiger partial charge in [-0.2, -0.15) is 0 Å². The Morgan fingerprint density at radius 1 is 1.29 bits per heavy atom. The van der Waals surface area contributed by atoms with Crippen LogP contribution < -0.4 is 10.8 Å². The Hall–Kier alpha value is -1.18. The lowest BCUT2D eigenvalue weighted by Gasteiger charge is -2.32. The molecule has 1 atom stereocenters. The average Bonchev–Trinajstić information content (AvgIpc) is 2.66. The second kappa shape index (κ2) is 6.98. The SMILES string of the molecule is Cc1cc(B2OC(C)(C)C(C)(C)O2)ccc1C(=O)NCO[PH](=O)O. The van der Waals surface area contributed by atoms with E-state index in [1.165, 1.54) is 0 Å². The highest BCUT2D eigenvalue weighted by Crippen LogP contribution is 2.36. The van der Waals surface area contributed by atoms with Crippen molar-refractivity contribution in [3.05, 3.63) is 29.3 Å². The van der Waals surface area contributed by atoms with Crippen molar-refractivity contribution in [3.63, 3.8) is 0 Å². The molecule has 0 radical (unpaired) electrons. The molecule has 0 spiro atoms. The van der Waals surface area contributed by atoms with Crippen molar-refractivity contribution in [2.75, 3.05) is 6.73 Å². The van der Waals surface area contributed by atoms with Crippen LogP contribution in [0.25, 0.3) is 0 Å². The monoisotopic (exact) mass is 355 g/mol. The lowest BCUT2D eigenvalue weighted by molar-refractivity contribution is 0.00578. The van der Waals surface area contributed by atoms with Crippen molar-refractivity contribution in [2.24, 2.45) is 0 Å². The Morgan fingerprint density at radius 2 is 1.88 bits per heavy atom. The van der Waals surface area contributed by atoms with Crippen LogP contribution in [0, 0.1) is 6.92 Å². The minimum absolute atomic E-state index is 0.314. The van der Waals surface area contributed by atoms with Gasteiger partial charge < -0.3 is 19.5 Å². The summed E-state index contributed by atoms with van der Waals surface area (Å²) in [6.45, 7) is 9.41. The summed E-state index contributed by atoms with van der Waals surface area (Å²) in [5, 5.41) is 2.43. The smallest absolute Gasteiger partial charge is 0.399 e. The molecule has 7 nitrogen and oxygen atoms in total. The van der Waals surface area contributed by atoms with Gasteiger partial charge in [0.15, 0.2) is 0 Å². The largest absolute Gasteiger partial charge is 0.494 e. The molecule has 0 saturated carbocycles. The fraction of sp³-hybridized carbons (Fsp3) is 0.533. The van der Waals surface area contributed by atoms with E-state index < -0.39 is 26.6 Å². The molecule has 24 heavy (non-hydrogen) atoms. The van der Waals surface area contributed by atoms with E-state index in [1.54, 1.807) is 19.1 Å². The molecule has 132 valence electrons. The predicted molar refractivity (Wildman–Crippen MR) is 91.5 cm³/mol. The standard InChI is InChI=1S/C15H23BNO6P/c1-10-8-11(16-22-14(2,3)15(4,5)23-16)6-7-12(10)13(18)17-9-21-24(19)20/h6-8,24H,9H2,1-5H3,(H,17,18)(H,19,20). The van der Waals surface area contributed by atoms with Gasteiger partial charge in [0.1, 0.15) is 6.73 Å². The van der Waals surface area contributed by atoms with E-state index in [4.69, 9.17) is 14.2 Å². The van der Waals surface area contributed by atoms with Crippen molar-refractivity contribution in [1.29, 1.82) is 0 Å². The highest BCUT2D eigenvalue weighted by Gasteiger charge is 2.51. The van der Waals surface area contributed by atoms with E-state index in [2.05, 4.69) is 9.84 Å². The number of carbonyl (C=O) groups is 1. The molecule has 1 aromatic rings. The summed E-state index contributed by atoms with van der Waals surface area (Å²) in [6, 6.07) is 5.29. The van der Waals surface area contributed by atoms with Gasteiger partial charge in [0.2, 0.25) is 0 Å². The van der Waals surface area contributed by atoms with Crippen LogP contribution in [0.1, 0.15) is 43.6 Å². The number of hydrogen-bond acceptors (Lipinski definition) is 5. The first-order chi connectivity index (χ1) is 11.0. The molecule has 1 aromatic carbocycles. The molecule has 0 aromatic heterocycles. The van der Waals surface area contributed by atoms with Crippen LogP contribution >= 0.6 is 8.25 Å². The third-order valence-electron chi connectivity index (χ3n) is 4.45. The molecule has 1 heterocycles. The second-order valence-electron chi connectivity index (χ2n) is 6.72. The lowest BCUT2D eigenvalue weighted by atomic mass is 9.78. The van der Waals surface area contributed by atoms with Gasteiger partial charge >= 0.3 is 15.4 Å². The van der Waals surface area contributed by atoms with Crippen molar-refractivity contribution in [2.45, 2.75) is 45.8 Å². The fourth-order valence-electron chi connectivity index (χ4n) is 2.33. The summed E-state index contributed by atoms with van der Waals surface area (Å²) >= 11 is 0. The fourth-order valence-corrected chi connectivity index (χ4v) is 2.52. The van der Waals surface area contributed by atoms with Crippen molar-refractivity contribution in [1.82, 2.24) is 5.32 Å². The number of nitrogens with one attached hydrogen (secondary N) is 1. The molecule has 2 rings (SSSR count). The van der Waals surface area contributed by atoms with Crippen LogP contribution in [0.4, 0.5) is 0 Å². The van der Waals surface area contributed by atoms with Gasteiger partial charge in [-0.1, -0.05) is 12.1 Å². The summed E-state index contributed by atoms with van der Waals surface area (Å²) < 4.78 is 26.9. The summed E-state index contributed by atoms with van der Waals surface area (Å²) in [5.41, 5.74) is 1.18. The number of aryl methyl sites for hydroxylation is 1. The minimum atomic E-state index is -3.06. The average molecular weight is 355 g/mol. The number of benzene rings is 1. The summed E-state index contributed by atoms with van der Waals surface area (Å²) in [4.78, 5) is 20.6. The first-order valence-electron chi connectivity index (χ1n) is 7.63. The number of amides is 1. The van der Waals surface area contributed by atoms with Crippen LogP contribution in [0.15, 0.2) is 18.2 Å². The maximum absolute atomic E-state index is 12.1. The Labute approximate surface area is 142 Å². The number of carbonyl (C=O) groups excluding carboxylic acids is 1. The zero-order valence-electron chi connectivity index (χ0n) is 14.5. The molecule has 2 N–H and O–H groups in total. The molecular formula is C15H23BNO6P. The van der Waals surface area contributed by atoms with Gasteiger partial charge in [0, 0.05) is 5.56 Å². The molecule has 0 aliphatic carbocycles. The van der Waals surface area contributed by atoms with Gasteiger partial charge in [-0.15, -0.1) is 0 Å². The van der Waals surface area contributed by atoms with Crippen LogP contribution in [-0.2, 0) is 18.4 Å². The van der Waals surface area contributed by atoms with E-state index in [9.17, 15) is 9.36 Å². The molecule has 1 saturated heterocycles. The number of hydrogen-bond donors (Lipinski definition) is 2. The first kappa shape index (κ1) is 19.2. The summed E-state index contributed by atoms with van der Waals surface area (Å²) in [5.74, 6) is -0.379. The highest BCUT2D eigenvalue weighted by molar-refractivity contribution is 7.32. The molecule has 1 aliphatic heterocycles. The zero-order chi connectivity index (χ0) is 18.1. The zero-order valence-corrected chi connectivity index (χ0v) is 15.5. The van der Waals surface area contributed by atoms with Crippen molar-refractivity contribution in [3.8, 4) is 0 Å².